The van der Waals surface area contributed by atoms with Gasteiger partial charge in [0.15, 0.2) is 4.91 Å². The Morgan fingerprint density at radius 1 is 1.17 bits per heavy atom. The lowest BCUT2D eigenvalue weighted by atomic mass is 10.1. The molecule has 0 spiro atoms. The summed E-state index contributed by atoms with van der Waals surface area (Å²) in [4.78, 5) is -0.166. The number of anilines is 1. The van der Waals surface area contributed by atoms with E-state index in [4.69, 9.17) is 0 Å². The number of sulfone groups is 1. The van der Waals surface area contributed by atoms with Crippen LogP contribution in [-0.2, 0) is 16.3 Å². The summed E-state index contributed by atoms with van der Waals surface area (Å²) in [5.41, 5.74) is 1.89. The van der Waals surface area contributed by atoms with Gasteiger partial charge in [-0.2, -0.15) is 5.26 Å². The van der Waals surface area contributed by atoms with Gasteiger partial charge in [-0.15, -0.1) is 11.8 Å². The van der Waals surface area contributed by atoms with Crippen LogP contribution in [0.3, 0.4) is 0 Å². The van der Waals surface area contributed by atoms with Gasteiger partial charge in [0.2, 0.25) is 9.84 Å². The first-order chi connectivity index (χ1) is 11.5. The van der Waals surface area contributed by atoms with Gasteiger partial charge in [0.05, 0.1) is 4.90 Å². The fourth-order valence-corrected chi connectivity index (χ4v) is 4.35. The van der Waals surface area contributed by atoms with Crippen molar-refractivity contribution in [2.24, 2.45) is 0 Å². The van der Waals surface area contributed by atoms with Crippen molar-refractivity contribution in [3.05, 3.63) is 70.1 Å². The van der Waals surface area contributed by atoms with Gasteiger partial charge in [-0.05, 0) is 42.5 Å². The van der Waals surface area contributed by atoms with E-state index in [-0.39, 0.29) is 9.80 Å². The molecule has 0 heterocycles. The molecule has 1 N–H and O–H groups in total. The molecule has 0 unspecified atom stereocenters. The molecule has 24 heavy (non-hydrogen) atoms. The monoisotopic (exact) mass is 358 g/mol. The number of nitrogens with one attached hydrogen (secondary N) is 1. The number of allylic oxidation sites excluding steroid dienone is 1. The van der Waals surface area contributed by atoms with Crippen LogP contribution in [0.4, 0.5) is 5.69 Å². The van der Waals surface area contributed by atoms with Gasteiger partial charge in [0.25, 0.3) is 0 Å². The second-order valence-corrected chi connectivity index (χ2v) is 7.67. The molecule has 0 saturated carbocycles. The summed E-state index contributed by atoms with van der Waals surface area (Å²) in [6.07, 6.45) is 2.62. The molecule has 4 nitrogen and oxygen atoms in total. The minimum Gasteiger partial charge on any atom is -0.349 e. The molecule has 2 aromatic rings. The van der Waals surface area contributed by atoms with Crippen molar-refractivity contribution < 1.29 is 8.42 Å². The van der Waals surface area contributed by atoms with E-state index in [0.717, 1.165) is 17.7 Å². The average molecular weight is 358 g/mol. The first kappa shape index (κ1) is 18.1. The lowest BCUT2D eigenvalue weighted by Crippen LogP contribution is -2.10. The van der Waals surface area contributed by atoms with E-state index in [9.17, 15) is 13.7 Å². The second kappa shape index (κ2) is 8.04. The summed E-state index contributed by atoms with van der Waals surface area (Å²) >= 11 is 1.20. The maximum absolute atomic E-state index is 12.7. The zero-order chi connectivity index (χ0) is 17.6. The van der Waals surface area contributed by atoms with Crippen LogP contribution in [0.2, 0.25) is 0 Å². The Bertz CT molecular complexity index is 883. The highest BCUT2D eigenvalue weighted by Crippen LogP contribution is 2.28. The molecule has 0 fully saturated rings. The Balaban J connectivity index is 2.48. The first-order valence-corrected chi connectivity index (χ1v) is 10.1. The number of nitriles is 1. The summed E-state index contributed by atoms with van der Waals surface area (Å²) in [6.45, 7) is 2.05. The Labute approximate surface area is 147 Å². The topological polar surface area (TPSA) is 70.0 Å². The highest BCUT2D eigenvalue weighted by Gasteiger charge is 2.24. The van der Waals surface area contributed by atoms with Crippen molar-refractivity contribution in [1.82, 2.24) is 0 Å². The highest BCUT2D eigenvalue weighted by atomic mass is 32.2. The third-order valence-corrected chi connectivity index (χ3v) is 6.00. The molecule has 0 aliphatic rings. The van der Waals surface area contributed by atoms with Crippen molar-refractivity contribution >= 4 is 27.3 Å². The Morgan fingerprint density at radius 2 is 1.88 bits per heavy atom. The quantitative estimate of drug-likeness (QED) is 0.784. The molecular formula is C18H18N2O2S2. The number of hydrogen-bond acceptors (Lipinski definition) is 5. The molecule has 0 bridgehead atoms. The number of thioether (sulfide) groups is 1. The van der Waals surface area contributed by atoms with Gasteiger partial charge in [-0.1, -0.05) is 37.3 Å². The van der Waals surface area contributed by atoms with E-state index in [2.05, 4.69) is 5.32 Å². The fraction of sp³-hybridized carbons (Fsp3) is 0.167. The molecule has 2 rings (SSSR count). The van der Waals surface area contributed by atoms with E-state index in [0.29, 0.717) is 5.03 Å². The van der Waals surface area contributed by atoms with Crippen LogP contribution in [0.25, 0.3) is 0 Å². The minimum absolute atomic E-state index is 0.109. The zero-order valence-electron chi connectivity index (χ0n) is 13.5. The van der Waals surface area contributed by atoms with Crippen LogP contribution in [0.15, 0.2) is 69.4 Å². The molecule has 0 amide bonds. The summed E-state index contributed by atoms with van der Waals surface area (Å²) < 4.78 is 25.5. The van der Waals surface area contributed by atoms with Crippen molar-refractivity contribution in [3.8, 4) is 6.07 Å². The van der Waals surface area contributed by atoms with Crippen LogP contribution in [0, 0.1) is 11.3 Å². The number of nitrogens with zero attached hydrogens (tertiary/aromatic N) is 1. The molecule has 0 saturated heterocycles. The van der Waals surface area contributed by atoms with Gasteiger partial charge >= 0.3 is 0 Å². The molecule has 0 aliphatic heterocycles. The number of rotatable bonds is 6. The maximum atomic E-state index is 12.7. The average Bonchev–Trinajstić information content (AvgIpc) is 2.62. The summed E-state index contributed by atoms with van der Waals surface area (Å²) in [5.74, 6) is 0. The predicted molar refractivity (Wildman–Crippen MR) is 99.2 cm³/mol. The van der Waals surface area contributed by atoms with Crippen LogP contribution < -0.4 is 5.32 Å². The lowest BCUT2D eigenvalue weighted by Gasteiger charge is -2.12. The van der Waals surface area contributed by atoms with Crippen LogP contribution in [0.1, 0.15) is 12.5 Å². The highest BCUT2D eigenvalue weighted by molar-refractivity contribution is 8.04. The fourth-order valence-electron chi connectivity index (χ4n) is 2.15. The summed E-state index contributed by atoms with van der Waals surface area (Å²) in [7, 11) is -3.86. The largest absolute Gasteiger partial charge is 0.349 e. The van der Waals surface area contributed by atoms with Crippen molar-refractivity contribution in [1.29, 1.82) is 5.26 Å². The first-order valence-electron chi connectivity index (χ1n) is 7.37. The molecule has 0 aliphatic carbocycles. The van der Waals surface area contributed by atoms with E-state index in [1.54, 1.807) is 24.5 Å². The van der Waals surface area contributed by atoms with E-state index in [1.165, 1.54) is 23.9 Å². The number of hydrogen-bond donors (Lipinski definition) is 1. The van der Waals surface area contributed by atoms with Gasteiger partial charge in [-0.3, -0.25) is 0 Å². The van der Waals surface area contributed by atoms with Crippen LogP contribution in [-0.4, -0.2) is 14.7 Å². The molecule has 0 aromatic heterocycles. The van der Waals surface area contributed by atoms with Crippen molar-refractivity contribution in [2.75, 3.05) is 11.6 Å². The smallest absolute Gasteiger partial charge is 0.219 e. The second-order valence-electron chi connectivity index (χ2n) is 4.97. The number of aryl methyl sites for hydroxylation is 1. The maximum Gasteiger partial charge on any atom is 0.219 e. The standard InChI is InChI=1S/C18H18N2O2S2/c1-3-14-8-7-9-15(12-14)20-18(23-2)17(13-19)24(21,22)16-10-5-4-6-11-16/h4-12,20H,3H2,1-2H3/b18-17-. The normalized spacial score (nSPS) is 12.2. The van der Waals surface area contributed by atoms with Gasteiger partial charge in [-0.25, -0.2) is 8.42 Å². The molecule has 0 radical (unpaired) electrons. The third-order valence-electron chi connectivity index (χ3n) is 3.43. The SMILES string of the molecule is CCc1cccc(N/C(SC)=C(\C#N)S(=O)(=O)c2ccccc2)c1. The Morgan fingerprint density at radius 3 is 2.46 bits per heavy atom. The van der Waals surface area contributed by atoms with Gasteiger partial charge < -0.3 is 5.32 Å². The minimum atomic E-state index is -3.86. The van der Waals surface area contributed by atoms with Crippen LogP contribution >= 0.6 is 11.8 Å². The van der Waals surface area contributed by atoms with Crippen LogP contribution in [0.5, 0.6) is 0 Å². The Kier molecular flexibility index (Phi) is 6.07. The molecule has 2 aromatic carbocycles. The van der Waals surface area contributed by atoms with E-state index >= 15 is 0 Å². The number of benzene rings is 2. The third kappa shape index (κ3) is 3.99. The van der Waals surface area contributed by atoms with Gasteiger partial charge in [0.1, 0.15) is 11.1 Å². The summed E-state index contributed by atoms with van der Waals surface area (Å²) in [5, 5.41) is 12.8. The Hall–Kier alpha value is -2.23. The molecule has 6 heteroatoms. The van der Waals surface area contributed by atoms with Gasteiger partial charge in [0, 0.05) is 5.69 Å². The van der Waals surface area contributed by atoms with E-state index in [1.807, 2.05) is 37.3 Å². The van der Waals surface area contributed by atoms with E-state index < -0.39 is 9.84 Å². The molecular weight excluding hydrogens is 340 g/mol. The summed E-state index contributed by atoms with van der Waals surface area (Å²) in [6, 6.07) is 17.5. The van der Waals surface area contributed by atoms with Crippen molar-refractivity contribution in [3.63, 3.8) is 0 Å². The zero-order valence-corrected chi connectivity index (χ0v) is 15.1. The van der Waals surface area contributed by atoms with Crippen molar-refractivity contribution in [2.45, 2.75) is 18.2 Å². The molecule has 0 atom stereocenters. The molecule has 124 valence electrons. The lowest BCUT2D eigenvalue weighted by molar-refractivity contribution is 0.603. The predicted octanol–water partition coefficient (Wildman–Crippen LogP) is 4.19.